The molecule has 0 saturated carbocycles. The first-order valence-electron chi connectivity index (χ1n) is 6.09. The number of amides is 1. The lowest BCUT2D eigenvalue weighted by Gasteiger charge is -2.21. The SMILES string of the molecule is O=C1Nc2ccccc2SC1C=Nc1cccc(Cl)c1. The Hall–Kier alpha value is -1.78. The molecule has 100 valence electrons. The molecule has 1 atom stereocenters. The minimum absolute atomic E-state index is 0.0560. The molecule has 0 aliphatic carbocycles. The number of aliphatic imine (C=N–C) groups is 1. The first-order chi connectivity index (χ1) is 9.72. The molecule has 1 N–H and O–H groups in total. The molecule has 0 spiro atoms. The van der Waals surface area contributed by atoms with Crippen LogP contribution in [0, 0.1) is 0 Å². The van der Waals surface area contributed by atoms with E-state index in [-0.39, 0.29) is 11.2 Å². The van der Waals surface area contributed by atoms with Crippen LogP contribution < -0.4 is 5.32 Å². The summed E-state index contributed by atoms with van der Waals surface area (Å²) in [5.41, 5.74) is 1.60. The van der Waals surface area contributed by atoms with E-state index in [1.807, 2.05) is 36.4 Å². The zero-order chi connectivity index (χ0) is 13.9. The summed E-state index contributed by atoms with van der Waals surface area (Å²) in [4.78, 5) is 17.4. The predicted molar refractivity (Wildman–Crippen MR) is 84.3 cm³/mol. The normalized spacial score (nSPS) is 17.9. The predicted octanol–water partition coefficient (Wildman–Crippen LogP) is 4.16. The highest BCUT2D eigenvalue weighted by Crippen LogP contribution is 2.34. The number of carbonyl (C=O) groups is 1. The third-order valence-corrected chi connectivity index (χ3v) is 4.26. The Labute approximate surface area is 126 Å². The largest absolute Gasteiger partial charge is 0.324 e. The monoisotopic (exact) mass is 302 g/mol. The Bertz CT molecular complexity index is 687. The molecule has 0 aromatic heterocycles. The number of anilines is 1. The molecule has 2 aromatic carbocycles. The molecule has 0 radical (unpaired) electrons. The van der Waals surface area contributed by atoms with Crippen LogP contribution in [-0.4, -0.2) is 17.4 Å². The van der Waals surface area contributed by atoms with E-state index in [0.717, 1.165) is 16.3 Å². The van der Waals surface area contributed by atoms with Crippen LogP contribution in [0.25, 0.3) is 0 Å². The second-order valence-corrected chi connectivity index (χ2v) is 5.90. The summed E-state index contributed by atoms with van der Waals surface area (Å²) >= 11 is 7.40. The van der Waals surface area contributed by atoms with Gasteiger partial charge in [-0.3, -0.25) is 9.79 Å². The lowest BCUT2D eigenvalue weighted by Crippen LogP contribution is -2.29. The molecule has 0 saturated heterocycles. The summed E-state index contributed by atoms with van der Waals surface area (Å²) in [7, 11) is 0. The molecule has 0 fully saturated rings. The Morgan fingerprint density at radius 2 is 2.05 bits per heavy atom. The molecule has 0 bridgehead atoms. The first-order valence-corrected chi connectivity index (χ1v) is 7.34. The van der Waals surface area contributed by atoms with Gasteiger partial charge in [0.15, 0.2) is 0 Å². The highest BCUT2D eigenvalue weighted by molar-refractivity contribution is 8.01. The van der Waals surface area contributed by atoms with Gasteiger partial charge in [0.1, 0.15) is 5.25 Å². The number of fused-ring (bicyclic) bond motifs is 1. The van der Waals surface area contributed by atoms with E-state index in [9.17, 15) is 4.79 Å². The Kier molecular flexibility index (Phi) is 3.76. The van der Waals surface area contributed by atoms with Gasteiger partial charge in [0.2, 0.25) is 5.91 Å². The van der Waals surface area contributed by atoms with Gasteiger partial charge in [-0.15, -0.1) is 11.8 Å². The Morgan fingerprint density at radius 3 is 2.90 bits per heavy atom. The van der Waals surface area contributed by atoms with E-state index in [1.54, 1.807) is 18.3 Å². The number of nitrogens with zero attached hydrogens (tertiary/aromatic N) is 1. The van der Waals surface area contributed by atoms with E-state index >= 15 is 0 Å². The minimum atomic E-state index is -0.330. The van der Waals surface area contributed by atoms with Crippen LogP contribution in [-0.2, 0) is 4.79 Å². The zero-order valence-electron chi connectivity index (χ0n) is 10.4. The van der Waals surface area contributed by atoms with Crippen molar-refractivity contribution in [1.82, 2.24) is 0 Å². The van der Waals surface area contributed by atoms with Gasteiger partial charge >= 0.3 is 0 Å². The van der Waals surface area contributed by atoms with E-state index in [0.29, 0.717) is 5.02 Å². The van der Waals surface area contributed by atoms with Gasteiger partial charge in [0.25, 0.3) is 0 Å². The van der Waals surface area contributed by atoms with Crippen molar-refractivity contribution >= 4 is 46.9 Å². The van der Waals surface area contributed by atoms with Crippen LogP contribution in [0.4, 0.5) is 11.4 Å². The number of hydrogen-bond acceptors (Lipinski definition) is 3. The molecule has 1 aliphatic rings. The Morgan fingerprint density at radius 1 is 1.20 bits per heavy atom. The van der Waals surface area contributed by atoms with Crippen molar-refractivity contribution in [2.45, 2.75) is 10.1 Å². The van der Waals surface area contributed by atoms with Crippen molar-refractivity contribution in [1.29, 1.82) is 0 Å². The molecular formula is C15H11ClN2OS. The highest BCUT2D eigenvalue weighted by atomic mass is 35.5. The van der Waals surface area contributed by atoms with Crippen molar-refractivity contribution in [3.05, 3.63) is 53.6 Å². The molecule has 3 rings (SSSR count). The van der Waals surface area contributed by atoms with E-state index in [4.69, 9.17) is 11.6 Å². The van der Waals surface area contributed by atoms with Crippen molar-refractivity contribution in [2.24, 2.45) is 4.99 Å². The molecule has 20 heavy (non-hydrogen) atoms. The van der Waals surface area contributed by atoms with Crippen molar-refractivity contribution in [3.63, 3.8) is 0 Å². The quantitative estimate of drug-likeness (QED) is 0.847. The van der Waals surface area contributed by atoms with Crippen LogP contribution in [0.2, 0.25) is 5.02 Å². The molecule has 1 heterocycles. The lowest BCUT2D eigenvalue weighted by atomic mass is 10.3. The standard InChI is InChI=1S/C15H11ClN2OS/c16-10-4-3-5-11(8-10)17-9-14-15(19)18-12-6-1-2-7-13(12)20-14/h1-9,14H,(H,18,19). The molecule has 5 heteroatoms. The molecule has 1 aliphatic heterocycles. The molecular weight excluding hydrogens is 292 g/mol. The number of halogens is 1. The molecule has 1 amide bonds. The number of para-hydroxylation sites is 1. The average Bonchev–Trinajstić information content (AvgIpc) is 2.45. The van der Waals surface area contributed by atoms with Gasteiger partial charge < -0.3 is 5.32 Å². The van der Waals surface area contributed by atoms with Crippen LogP contribution in [0.1, 0.15) is 0 Å². The van der Waals surface area contributed by atoms with Gasteiger partial charge in [-0.1, -0.05) is 29.8 Å². The van der Waals surface area contributed by atoms with Crippen LogP contribution >= 0.6 is 23.4 Å². The van der Waals surface area contributed by atoms with Gasteiger partial charge in [-0.2, -0.15) is 0 Å². The topological polar surface area (TPSA) is 41.5 Å². The summed E-state index contributed by atoms with van der Waals surface area (Å²) in [5, 5.41) is 3.18. The fourth-order valence-electron chi connectivity index (χ4n) is 1.88. The summed E-state index contributed by atoms with van der Waals surface area (Å²) in [6.07, 6.45) is 1.65. The maximum atomic E-state index is 12.0. The smallest absolute Gasteiger partial charge is 0.243 e. The summed E-state index contributed by atoms with van der Waals surface area (Å²) in [6.45, 7) is 0. The zero-order valence-corrected chi connectivity index (χ0v) is 12.0. The maximum Gasteiger partial charge on any atom is 0.243 e. The van der Waals surface area contributed by atoms with E-state index in [1.165, 1.54) is 11.8 Å². The van der Waals surface area contributed by atoms with Crippen LogP contribution in [0.3, 0.4) is 0 Å². The third-order valence-electron chi connectivity index (χ3n) is 2.82. The lowest BCUT2D eigenvalue weighted by molar-refractivity contribution is -0.114. The second kappa shape index (κ2) is 5.69. The van der Waals surface area contributed by atoms with E-state index < -0.39 is 0 Å². The van der Waals surface area contributed by atoms with Gasteiger partial charge in [0, 0.05) is 16.1 Å². The maximum absolute atomic E-state index is 12.0. The first kappa shape index (κ1) is 13.2. The summed E-state index contributed by atoms with van der Waals surface area (Å²) in [6, 6.07) is 15.0. The van der Waals surface area contributed by atoms with Crippen molar-refractivity contribution in [2.75, 3.05) is 5.32 Å². The number of rotatable bonds is 2. The number of carbonyl (C=O) groups excluding carboxylic acids is 1. The fourth-order valence-corrected chi connectivity index (χ4v) is 3.02. The van der Waals surface area contributed by atoms with Gasteiger partial charge in [-0.05, 0) is 30.3 Å². The number of nitrogens with one attached hydrogen (secondary N) is 1. The Balaban J connectivity index is 1.80. The average molecular weight is 303 g/mol. The van der Waals surface area contributed by atoms with Crippen LogP contribution in [0.5, 0.6) is 0 Å². The van der Waals surface area contributed by atoms with Gasteiger partial charge in [-0.25, -0.2) is 0 Å². The molecule has 2 aromatic rings. The third kappa shape index (κ3) is 2.86. The van der Waals surface area contributed by atoms with Crippen molar-refractivity contribution in [3.8, 4) is 0 Å². The number of benzene rings is 2. The minimum Gasteiger partial charge on any atom is -0.324 e. The molecule has 1 unspecified atom stereocenters. The highest BCUT2D eigenvalue weighted by Gasteiger charge is 2.24. The molecule has 3 nitrogen and oxygen atoms in total. The van der Waals surface area contributed by atoms with Crippen LogP contribution in [0.15, 0.2) is 58.4 Å². The number of thioether (sulfide) groups is 1. The fraction of sp³-hybridized carbons (Fsp3) is 0.0667. The summed E-state index contributed by atoms with van der Waals surface area (Å²) in [5.74, 6) is -0.0560. The summed E-state index contributed by atoms with van der Waals surface area (Å²) < 4.78 is 0. The second-order valence-electron chi connectivity index (χ2n) is 4.28. The van der Waals surface area contributed by atoms with Gasteiger partial charge in [0.05, 0.1) is 11.4 Å². The van der Waals surface area contributed by atoms with E-state index in [2.05, 4.69) is 10.3 Å². The van der Waals surface area contributed by atoms with Crippen molar-refractivity contribution < 1.29 is 4.79 Å². The number of hydrogen-bond donors (Lipinski definition) is 1.